The van der Waals surface area contributed by atoms with Crippen LogP contribution in [-0.2, 0) is 9.39 Å². The van der Waals surface area contributed by atoms with Gasteiger partial charge in [0.25, 0.3) is 0 Å². The third kappa shape index (κ3) is 3.55. The highest BCUT2D eigenvalue weighted by molar-refractivity contribution is 6.47. The molecule has 3 aromatic carbocycles. The van der Waals surface area contributed by atoms with Crippen molar-refractivity contribution < 1.29 is 9.39 Å². The Balaban J connectivity index is 1.77. The van der Waals surface area contributed by atoms with E-state index < -0.39 is 11.2 Å². The Kier molecular flexibility index (Phi) is 5.25. The number of para-hydroxylation sites is 1. The third-order valence-electron chi connectivity index (χ3n) is 6.44. The molecule has 0 saturated heterocycles. The second-order valence-electron chi connectivity index (χ2n) is 8.93. The van der Waals surface area contributed by atoms with Crippen LogP contribution in [0.2, 0.25) is 0 Å². The molecule has 0 atom stereocenters. The van der Waals surface area contributed by atoms with E-state index in [1.807, 2.05) is 21.3 Å². The van der Waals surface area contributed by atoms with Crippen molar-refractivity contribution in [1.82, 2.24) is 4.57 Å². The first-order valence-electron chi connectivity index (χ1n) is 10.4. The highest BCUT2D eigenvalue weighted by atomic mass is 16.5. The molecule has 153 valence electrons. The molecular formula is C26H29BNO2. The lowest BCUT2D eigenvalue weighted by Gasteiger charge is -2.40. The van der Waals surface area contributed by atoms with Crippen molar-refractivity contribution >= 4 is 34.8 Å². The standard InChI is InChI=1S/C26H29BNO2/c1-18-11-14-20(15-12-18)28-23-10-8-7-9-21(23)22-17-19(13-16-24(22)28)27-30-26(4,5)25(2,3)29-6/h7-17H,1-6H3. The Morgan fingerprint density at radius 2 is 1.43 bits per heavy atom. The Morgan fingerprint density at radius 3 is 2.13 bits per heavy atom. The number of rotatable bonds is 6. The van der Waals surface area contributed by atoms with Crippen LogP contribution in [0.3, 0.4) is 0 Å². The minimum absolute atomic E-state index is 0.408. The quantitative estimate of drug-likeness (QED) is 0.397. The number of nitrogens with zero attached hydrogens (tertiary/aromatic N) is 1. The molecule has 1 radical (unpaired) electrons. The Hall–Kier alpha value is -2.56. The van der Waals surface area contributed by atoms with Gasteiger partial charge in [-0.05, 0) is 58.9 Å². The summed E-state index contributed by atoms with van der Waals surface area (Å²) in [4.78, 5) is 0. The Labute approximate surface area is 179 Å². The van der Waals surface area contributed by atoms with Crippen LogP contribution in [0.1, 0.15) is 33.3 Å². The molecule has 0 unspecified atom stereocenters. The zero-order valence-electron chi connectivity index (χ0n) is 18.7. The molecule has 1 aromatic heterocycles. The summed E-state index contributed by atoms with van der Waals surface area (Å²) in [5, 5.41) is 2.45. The monoisotopic (exact) mass is 398 g/mol. The van der Waals surface area contributed by atoms with Crippen molar-refractivity contribution in [2.45, 2.75) is 45.8 Å². The maximum atomic E-state index is 6.18. The van der Waals surface area contributed by atoms with Crippen LogP contribution in [0, 0.1) is 6.92 Å². The van der Waals surface area contributed by atoms with Crippen LogP contribution >= 0.6 is 0 Å². The molecule has 4 aromatic rings. The van der Waals surface area contributed by atoms with Crippen molar-refractivity contribution in [3.8, 4) is 5.69 Å². The van der Waals surface area contributed by atoms with Crippen molar-refractivity contribution in [1.29, 1.82) is 0 Å². The molecule has 0 aliphatic carbocycles. The van der Waals surface area contributed by atoms with Gasteiger partial charge in [-0.25, -0.2) is 0 Å². The van der Waals surface area contributed by atoms with Gasteiger partial charge < -0.3 is 14.0 Å². The molecule has 0 bridgehead atoms. The number of methoxy groups -OCH3 is 1. The summed E-state index contributed by atoms with van der Waals surface area (Å²) in [5.74, 6) is 0. The number of benzene rings is 3. The average molecular weight is 398 g/mol. The molecule has 0 spiro atoms. The average Bonchev–Trinajstić information content (AvgIpc) is 3.06. The van der Waals surface area contributed by atoms with E-state index in [2.05, 4.69) is 92.1 Å². The lowest BCUT2D eigenvalue weighted by Crippen LogP contribution is -2.50. The number of hydrogen-bond acceptors (Lipinski definition) is 2. The van der Waals surface area contributed by atoms with Crippen molar-refractivity contribution in [3.63, 3.8) is 0 Å². The van der Waals surface area contributed by atoms with Gasteiger partial charge in [-0.15, -0.1) is 0 Å². The van der Waals surface area contributed by atoms with E-state index >= 15 is 0 Å². The van der Waals surface area contributed by atoms with Gasteiger partial charge in [0.05, 0.1) is 22.2 Å². The minimum Gasteiger partial charge on any atom is -0.427 e. The van der Waals surface area contributed by atoms with Crippen LogP contribution in [0.4, 0.5) is 0 Å². The Bertz CT molecular complexity index is 1190. The van der Waals surface area contributed by atoms with Gasteiger partial charge in [-0.1, -0.05) is 53.5 Å². The summed E-state index contributed by atoms with van der Waals surface area (Å²) in [6.45, 7) is 10.3. The van der Waals surface area contributed by atoms with Crippen molar-refractivity contribution in [2.24, 2.45) is 0 Å². The highest BCUT2D eigenvalue weighted by Crippen LogP contribution is 2.32. The van der Waals surface area contributed by atoms with Gasteiger partial charge in [-0.2, -0.15) is 0 Å². The van der Waals surface area contributed by atoms with Crippen LogP contribution in [0.15, 0.2) is 66.7 Å². The summed E-state index contributed by atoms with van der Waals surface area (Å²) >= 11 is 0. The first-order chi connectivity index (χ1) is 14.2. The van der Waals surface area contributed by atoms with E-state index in [4.69, 9.17) is 9.39 Å². The van der Waals surface area contributed by atoms with E-state index in [1.54, 1.807) is 7.11 Å². The van der Waals surface area contributed by atoms with Gasteiger partial charge in [0.15, 0.2) is 0 Å². The Morgan fingerprint density at radius 1 is 0.767 bits per heavy atom. The molecule has 0 fully saturated rings. The van der Waals surface area contributed by atoms with Crippen LogP contribution in [0.25, 0.3) is 27.5 Å². The van der Waals surface area contributed by atoms with E-state index in [9.17, 15) is 0 Å². The molecule has 4 rings (SSSR count). The van der Waals surface area contributed by atoms with Crippen LogP contribution < -0.4 is 5.46 Å². The van der Waals surface area contributed by atoms with E-state index in [0.717, 1.165) is 5.46 Å². The van der Waals surface area contributed by atoms with Crippen molar-refractivity contribution in [2.75, 3.05) is 7.11 Å². The maximum Gasteiger partial charge on any atom is 0.330 e. The van der Waals surface area contributed by atoms with Crippen molar-refractivity contribution in [3.05, 3.63) is 72.3 Å². The molecule has 30 heavy (non-hydrogen) atoms. The summed E-state index contributed by atoms with van der Waals surface area (Å²) in [5.41, 5.74) is 4.98. The number of ether oxygens (including phenoxy) is 1. The molecule has 0 aliphatic heterocycles. The van der Waals surface area contributed by atoms with E-state index in [-0.39, 0.29) is 0 Å². The first kappa shape index (κ1) is 20.7. The fraction of sp³-hybridized carbons (Fsp3) is 0.308. The maximum absolute atomic E-state index is 6.18. The topological polar surface area (TPSA) is 23.4 Å². The second kappa shape index (κ2) is 7.61. The van der Waals surface area contributed by atoms with Gasteiger partial charge in [0.1, 0.15) is 0 Å². The molecule has 3 nitrogen and oxygen atoms in total. The number of aromatic nitrogens is 1. The molecule has 0 amide bonds. The molecule has 1 heterocycles. The second-order valence-corrected chi connectivity index (χ2v) is 8.93. The van der Waals surface area contributed by atoms with Gasteiger partial charge in [-0.3, -0.25) is 0 Å². The lowest BCUT2D eigenvalue weighted by atomic mass is 9.82. The highest BCUT2D eigenvalue weighted by Gasteiger charge is 2.37. The zero-order valence-corrected chi connectivity index (χ0v) is 18.7. The fourth-order valence-electron chi connectivity index (χ4n) is 3.64. The normalized spacial score (nSPS) is 12.6. The predicted molar refractivity (Wildman–Crippen MR) is 127 cm³/mol. The third-order valence-corrected chi connectivity index (χ3v) is 6.44. The SMILES string of the molecule is COC(C)(C)C(C)(C)O[B]c1ccc2c(c1)c1ccccc1n2-c1ccc(C)cc1. The number of aryl methyl sites for hydroxylation is 1. The summed E-state index contributed by atoms with van der Waals surface area (Å²) in [7, 11) is 3.56. The van der Waals surface area contributed by atoms with Crippen LogP contribution in [0.5, 0.6) is 0 Å². The van der Waals surface area contributed by atoms with E-state index in [1.165, 1.54) is 33.1 Å². The van der Waals surface area contributed by atoms with Gasteiger partial charge in [0, 0.05) is 23.6 Å². The lowest BCUT2D eigenvalue weighted by molar-refractivity contribution is -0.114. The number of hydrogen-bond donors (Lipinski definition) is 0. The largest absolute Gasteiger partial charge is 0.427 e. The summed E-state index contributed by atoms with van der Waals surface area (Å²) < 4.78 is 14.1. The molecule has 0 aliphatic rings. The summed E-state index contributed by atoms with van der Waals surface area (Å²) in [6.07, 6.45) is 0. The molecule has 0 saturated carbocycles. The molecular weight excluding hydrogens is 369 g/mol. The smallest absolute Gasteiger partial charge is 0.330 e. The molecule has 4 heteroatoms. The summed E-state index contributed by atoms with van der Waals surface area (Å²) in [6, 6.07) is 23.7. The van der Waals surface area contributed by atoms with Crippen LogP contribution in [-0.4, -0.2) is 30.4 Å². The van der Waals surface area contributed by atoms with Gasteiger partial charge in [0.2, 0.25) is 0 Å². The first-order valence-corrected chi connectivity index (χ1v) is 10.4. The fourth-order valence-corrected chi connectivity index (χ4v) is 3.64. The van der Waals surface area contributed by atoms with Gasteiger partial charge >= 0.3 is 7.48 Å². The number of fused-ring (bicyclic) bond motifs is 3. The molecule has 0 N–H and O–H groups in total. The van der Waals surface area contributed by atoms with E-state index in [0.29, 0.717) is 0 Å². The predicted octanol–water partition coefficient (Wildman–Crippen LogP) is 5.56. The zero-order chi connectivity index (χ0) is 21.5. The minimum atomic E-state index is -0.466.